The predicted molar refractivity (Wildman–Crippen MR) is 70.1 cm³/mol. The van der Waals surface area contributed by atoms with E-state index in [0.29, 0.717) is 0 Å². The average molecular weight is 256 g/mol. The summed E-state index contributed by atoms with van der Waals surface area (Å²) in [6, 6.07) is 7.85. The molecule has 1 heterocycles. The van der Waals surface area contributed by atoms with Gasteiger partial charge in [-0.25, -0.2) is 0 Å². The topological polar surface area (TPSA) is 12.5 Å². The van der Waals surface area contributed by atoms with Crippen molar-refractivity contribution in [2.45, 2.75) is 6.42 Å². The van der Waals surface area contributed by atoms with Crippen molar-refractivity contribution in [3.63, 3.8) is 0 Å². The third-order valence-corrected chi connectivity index (χ3v) is 3.43. The Balaban J connectivity index is 1.99. The number of morpholine rings is 1. The Kier molecular flexibility index (Phi) is 4.16. The molecule has 2 nitrogen and oxygen atoms in total. The Morgan fingerprint density at radius 1 is 1.31 bits per heavy atom. The van der Waals surface area contributed by atoms with Crippen LogP contribution in [0.25, 0.3) is 0 Å². The van der Waals surface area contributed by atoms with E-state index in [4.69, 9.17) is 28.6 Å². The van der Waals surface area contributed by atoms with Crippen LogP contribution in [-0.2, 0) is 11.2 Å². The van der Waals surface area contributed by atoms with Gasteiger partial charge in [-0.3, -0.25) is 0 Å². The Hall–Kier alpha value is -0.640. The number of thiocarbonyl (C=S) groups is 1. The molecule has 1 aromatic carbocycles. The number of halogens is 1. The van der Waals surface area contributed by atoms with Gasteiger partial charge in [0.15, 0.2) is 0 Å². The zero-order valence-corrected chi connectivity index (χ0v) is 10.6. The van der Waals surface area contributed by atoms with Crippen LogP contribution in [0.3, 0.4) is 0 Å². The molecule has 0 aromatic heterocycles. The second-order valence-corrected chi connectivity index (χ2v) is 4.64. The standard InChI is InChI=1S/C12H14ClNOS/c13-11-4-2-1-3-10(11)9-12(16)14-5-7-15-8-6-14/h1-4H,5-9H2. The van der Waals surface area contributed by atoms with Gasteiger partial charge >= 0.3 is 0 Å². The third-order valence-electron chi connectivity index (χ3n) is 2.66. The van der Waals surface area contributed by atoms with E-state index >= 15 is 0 Å². The molecule has 0 N–H and O–H groups in total. The van der Waals surface area contributed by atoms with Gasteiger partial charge in [0.2, 0.25) is 0 Å². The molecule has 0 saturated carbocycles. The summed E-state index contributed by atoms with van der Waals surface area (Å²) in [5.74, 6) is 0. The molecule has 2 rings (SSSR count). The largest absolute Gasteiger partial charge is 0.378 e. The fourth-order valence-corrected chi connectivity index (χ4v) is 2.27. The van der Waals surface area contributed by atoms with Crippen LogP contribution in [0.4, 0.5) is 0 Å². The van der Waals surface area contributed by atoms with Gasteiger partial charge in [0.1, 0.15) is 0 Å². The quantitative estimate of drug-likeness (QED) is 0.754. The lowest BCUT2D eigenvalue weighted by molar-refractivity contribution is 0.0685. The van der Waals surface area contributed by atoms with E-state index < -0.39 is 0 Å². The lowest BCUT2D eigenvalue weighted by atomic mass is 10.1. The zero-order valence-electron chi connectivity index (χ0n) is 8.99. The molecule has 0 bridgehead atoms. The zero-order chi connectivity index (χ0) is 11.4. The van der Waals surface area contributed by atoms with Gasteiger partial charge in [-0.05, 0) is 11.6 Å². The number of benzene rings is 1. The average Bonchev–Trinajstić information content (AvgIpc) is 2.33. The summed E-state index contributed by atoms with van der Waals surface area (Å²) in [5.41, 5.74) is 1.10. The van der Waals surface area contributed by atoms with E-state index in [0.717, 1.165) is 48.3 Å². The van der Waals surface area contributed by atoms with Crippen molar-refractivity contribution < 1.29 is 4.74 Å². The highest BCUT2D eigenvalue weighted by atomic mass is 35.5. The molecule has 1 aromatic rings. The fourth-order valence-electron chi connectivity index (χ4n) is 1.73. The van der Waals surface area contributed by atoms with Gasteiger partial charge < -0.3 is 9.64 Å². The van der Waals surface area contributed by atoms with E-state index in [9.17, 15) is 0 Å². The Bertz CT molecular complexity index is 377. The van der Waals surface area contributed by atoms with Crippen LogP contribution in [0.15, 0.2) is 24.3 Å². The van der Waals surface area contributed by atoms with E-state index in [1.165, 1.54) is 0 Å². The Labute approximate surface area is 106 Å². The first-order valence-electron chi connectivity index (χ1n) is 5.36. The Morgan fingerprint density at radius 3 is 2.69 bits per heavy atom. The third kappa shape index (κ3) is 2.94. The van der Waals surface area contributed by atoms with Gasteiger partial charge in [-0.2, -0.15) is 0 Å². The first kappa shape index (κ1) is 11.8. The first-order chi connectivity index (χ1) is 7.77. The van der Waals surface area contributed by atoms with Crippen LogP contribution in [-0.4, -0.2) is 36.2 Å². The summed E-state index contributed by atoms with van der Waals surface area (Å²) in [4.78, 5) is 3.15. The predicted octanol–water partition coefficient (Wildman–Crippen LogP) is 2.54. The molecule has 0 amide bonds. The van der Waals surface area contributed by atoms with Crippen molar-refractivity contribution in [1.82, 2.24) is 4.90 Å². The van der Waals surface area contributed by atoms with E-state index in [1.54, 1.807) is 0 Å². The molecule has 1 saturated heterocycles. The molecule has 1 aliphatic heterocycles. The summed E-state index contributed by atoms with van der Waals surface area (Å²) in [7, 11) is 0. The molecule has 0 aliphatic carbocycles. The second-order valence-electron chi connectivity index (χ2n) is 3.76. The van der Waals surface area contributed by atoms with Crippen molar-refractivity contribution in [3.05, 3.63) is 34.9 Å². The summed E-state index contributed by atoms with van der Waals surface area (Å²) in [5, 5.41) is 0.790. The summed E-state index contributed by atoms with van der Waals surface area (Å²) < 4.78 is 5.30. The number of hydrogen-bond acceptors (Lipinski definition) is 2. The summed E-state index contributed by atoms with van der Waals surface area (Å²) >= 11 is 11.5. The van der Waals surface area contributed by atoms with Crippen molar-refractivity contribution in [2.75, 3.05) is 26.3 Å². The monoisotopic (exact) mass is 255 g/mol. The highest BCUT2D eigenvalue weighted by Crippen LogP contribution is 2.17. The maximum Gasteiger partial charge on any atom is 0.0825 e. The highest BCUT2D eigenvalue weighted by molar-refractivity contribution is 7.80. The molecule has 0 unspecified atom stereocenters. The first-order valence-corrected chi connectivity index (χ1v) is 6.15. The van der Waals surface area contributed by atoms with Crippen LogP contribution >= 0.6 is 23.8 Å². The molecule has 1 aliphatic rings. The maximum absolute atomic E-state index is 6.10. The SMILES string of the molecule is S=C(Cc1ccccc1Cl)N1CCOCC1. The van der Waals surface area contributed by atoms with Crippen LogP contribution in [0, 0.1) is 0 Å². The van der Waals surface area contributed by atoms with E-state index in [-0.39, 0.29) is 0 Å². The number of nitrogens with zero attached hydrogens (tertiary/aromatic N) is 1. The maximum atomic E-state index is 6.10. The van der Waals surface area contributed by atoms with Crippen LogP contribution in [0.5, 0.6) is 0 Å². The van der Waals surface area contributed by atoms with Crippen molar-refractivity contribution >= 4 is 28.8 Å². The lowest BCUT2D eigenvalue weighted by Crippen LogP contribution is -2.40. The number of hydrogen-bond donors (Lipinski definition) is 0. The van der Waals surface area contributed by atoms with Crippen molar-refractivity contribution in [2.24, 2.45) is 0 Å². The molecule has 0 radical (unpaired) electrons. The normalized spacial score (nSPS) is 16.2. The number of rotatable bonds is 2. The minimum absolute atomic E-state index is 0.745. The minimum atomic E-state index is 0.745. The molecule has 0 atom stereocenters. The van der Waals surface area contributed by atoms with Crippen LogP contribution < -0.4 is 0 Å². The van der Waals surface area contributed by atoms with Gasteiger partial charge in [-0.1, -0.05) is 42.0 Å². The van der Waals surface area contributed by atoms with Gasteiger partial charge in [-0.15, -0.1) is 0 Å². The molecule has 86 valence electrons. The highest BCUT2D eigenvalue weighted by Gasteiger charge is 2.14. The van der Waals surface area contributed by atoms with Gasteiger partial charge in [0, 0.05) is 24.5 Å². The van der Waals surface area contributed by atoms with Crippen LogP contribution in [0.2, 0.25) is 5.02 Å². The molecule has 4 heteroatoms. The molecular weight excluding hydrogens is 242 g/mol. The summed E-state index contributed by atoms with van der Waals surface area (Å²) in [6.45, 7) is 3.32. The Morgan fingerprint density at radius 2 is 2.00 bits per heavy atom. The lowest BCUT2D eigenvalue weighted by Gasteiger charge is -2.29. The van der Waals surface area contributed by atoms with E-state index in [2.05, 4.69) is 4.90 Å². The van der Waals surface area contributed by atoms with Gasteiger partial charge in [0.25, 0.3) is 0 Å². The number of ether oxygens (including phenoxy) is 1. The molecular formula is C12H14ClNOS. The minimum Gasteiger partial charge on any atom is -0.378 e. The van der Waals surface area contributed by atoms with E-state index in [1.807, 2.05) is 24.3 Å². The fraction of sp³-hybridized carbons (Fsp3) is 0.417. The van der Waals surface area contributed by atoms with Crippen molar-refractivity contribution in [1.29, 1.82) is 0 Å². The summed E-state index contributed by atoms with van der Waals surface area (Å²) in [6.07, 6.45) is 0.745. The molecule has 0 spiro atoms. The smallest absolute Gasteiger partial charge is 0.0825 e. The molecule has 16 heavy (non-hydrogen) atoms. The van der Waals surface area contributed by atoms with Gasteiger partial charge in [0.05, 0.1) is 18.2 Å². The second kappa shape index (κ2) is 5.62. The molecule has 1 fully saturated rings. The van der Waals surface area contributed by atoms with Crippen molar-refractivity contribution in [3.8, 4) is 0 Å². The van der Waals surface area contributed by atoms with Crippen LogP contribution in [0.1, 0.15) is 5.56 Å².